The highest BCUT2D eigenvalue weighted by Gasteiger charge is 2.31. The molecule has 40 heavy (non-hydrogen) atoms. The van der Waals surface area contributed by atoms with Crippen molar-refractivity contribution in [2.24, 2.45) is 5.92 Å². The molecule has 1 amide bonds. The number of amides is 1. The molecule has 10 heteroatoms. The molecule has 1 aliphatic heterocycles. The topological polar surface area (TPSA) is 75.6 Å². The predicted octanol–water partition coefficient (Wildman–Crippen LogP) is 7.23. The predicted molar refractivity (Wildman–Crippen MR) is 146 cm³/mol. The zero-order chi connectivity index (χ0) is 28.4. The lowest BCUT2D eigenvalue weighted by Crippen LogP contribution is -2.39. The van der Waals surface area contributed by atoms with Gasteiger partial charge in [-0.2, -0.15) is 13.2 Å². The van der Waals surface area contributed by atoms with Crippen molar-refractivity contribution in [2.75, 3.05) is 24.5 Å². The lowest BCUT2D eigenvalue weighted by Gasteiger charge is -2.33. The van der Waals surface area contributed by atoms with Crippen LogP contribution in [0.5, 0.6) is 0 Å². The maximum Gasteiger partial charge on any atom is 0.416 e. The lowest BCUT2D eigenvalue weighted by atomic mass is 9.96. The number of nitrogens with one attached hydrogen (secondary N) is 1. The van der Waals surface area contributed by atoms with Crippen molar-refractivity contribution in [1.29, 1.82) is 0 Å². The molecular weight excluding hydrogens is 519 g/mol. The molecule has 1 fully saturated rings. The number of alkyl halides is 3. The molecule has 7 nitrogen and oxygen atoms in total. The number of carbonyl (C=O) groups excluding carboxylic acids is 1. The summed E-state index contributed by atoms with van der Waals surface area (Å²) in [6.45, 7) is 13.1. The highest BCUT2D eigenvalue weighted by atomic mass is 19.4. The van der Waals surface area contributed by atoms with E-state index in [4.69, 9.17) is 11.0 Å². The van der Waals surface area contributed by atoms with Crippen molar-refractivity contribution in [1.82, 2.24) is 15.3 Å². The van der Waals surface area contributed by atoms with Crippen LogP contribution < -0.4 is 10.2 Å². The maximum absolute atomic E-state index is 13.0. The first-order chi connectivity index (χ1) is 19.1. The van der Waals surface area contributed by atoms with Gasteiger partial charge in [0.1, 0.15) is 5.82 Å². The second kappa shape index (κ2) is 11.0. The molecule has 2 aromatic heterocycles. The summed E-state index contributed by atoms with van der Waals surface area (Å²) in [4.78, 5) is 26.9. The zero-order valence-electron chi connectivity index (χ0n) is 22.1. The molecule has 206 valence electrons. The number of halogens is 3. The quantitative estimate of drug-likeness (QED) is 0.258. The van der Waals surface area contributed by atoms with E-state index in [2.05, 4.69) is 20.1 Å². The van der Waals surface area contributed by atoms with E-state index in [1.807, 2.05) is 24.8 Å². The van der Waals surface area contributed by atoms with Crippen LogP contribution in [0.25, 0.3) is 27.4 Å². The first-order valence-corrected chi connectivity index (χ1v) is 13.1. The van der Waals surface area contributed by atoms with Gasteiger partial charge < -0.3 is 14.6 Å². The maximum atomic E-state index is 13.0. The van der Waals surface area contributed by atoms with Crippen molar-refractivity contribution in [2.45, 2.75) is 38.8 Å². The largest absolute Gasteiger partial charge is 0.436 e. The number of rotatable bonds is 6. The number of fused-ring (bicyclic) bond motifs is 1. The van der Waals surface area contributed by atoms with E-state index in [0.717, 1.165) is 36.1 Å². The number of anilines is 1. The number of carbonyl (C=O) groups is 1. The molecule has 1 aliphatic rings. The third-order valence-electron chi connectivity index (χ3n) is 7.21. The van der Waals surface area contributed by atoms with Crippen LogP contribution in [0.15, 0.2) is 59.1 Å². The molecule has 1 N–H and O–H groups in total. The molecule has 4 aromatic rings. The molecular formula is C30H28F3N5O2. The molecule has 0 radical (unpaired) electrons. The van der Waals surface area contributed by atoms with Crippen LogP contribution in [0.1, 0.15) is 54.1 Å². The fraction of sp³-hybridized carbons (Fsp3) is 0.333. The van der Waals surface area contributed by atoms with Gasteiger partial charge in [-0.1, -0.05) is 13.8 Å². The number of aromatic nitrogens is 2. The van der Waals surface area contributed by atoms with Crippen LogP contribution in [0.3, 0.4) is 0 Å². The Hall–Kier alpha value is -4.39. The molecule has 3 heterocycles. The standard InChI is InChI=1S/C30H28F3N5O2/c1-18(2)24-15-23(34-3)16-25-27(24)40-29(37-25)21-6-4-20(5-7-21)28(39)36-17-19-9-12-38(13-10-19)26-14-22(8-11-35-26)30(31,32)33/h4-8,11,14-16,18-19H,9-10,12-13,17H2,1-2H3,(H,36,39). The molecule has 0 aliphatic carbocycles. The van der Waals surface area contributed by atoms with Crippen molar-refractivity contribution < 1.29 is 22.4 Å². The van der Waals surface area contributed by atoms with Crippen LogP contribution in [-0.2, 0) is 6.18 Å². The zero-order valence-corrected chi connectivity index (χ0v) is 22.1. The monoisotopic (exact) mass is 547 g/mol. The van der Waals surface area contributed by atoms with Gasteiger partial charge in [-0.15, -0.1) is 0 Å². The van der Waals surface area contributed by atoms with E-state index < -0.39 is 11.7 Å². The van der Waals surface area contributed by atoms with Gasteiger partial charge in [0.2, 0.25) is 5.89 Å². The van der Waals surface area contributed by atoms with Gasteiger partial charge in [-0.3, -0.25) is 4.79 Å². The second-order valence-corrected chi connectivity index (χ2v) is 10.3. The summed E-state index contributed by atoms with van der Waals surface area (Å²) in [5, 5.41) is 2.98. The minimum Gasteiger partial charge on any atom is -0.436 e. The van der Waals surface area contributed by atoms with Crippen LogP contribution in [0, 0.1) is 12.5 Å². The number of hydrogen-bond acceptors (Lipinski definition) is 5. The summed E-state index contributed by atoms with van der Waals surface area (Å²) in [7, 11) is 0. The molecule has 2 aromatic carbocycles. The summed E-state index contributed by atoms with van der Waals surface area (Å²) >= 11 is 0. The van der Waals surface area contributed by atoms with Gasteiger partial charge in [-0.25, -0.2) is 14.8 Å². The first-order valence-electron chi connectivity index (χ1n) is 13.1. The summed E-state index contributed by atoms with van der Waals surface area (Å²) in [5.74, 6) is 0.938. The fourth-order valence-electron chi connectivity index (χ4n) is 4.90. The van der Waals surface area contributed by atoms with Crippen molar-refractivity contribution in [3.63, 3.8) is 0 Å². The minimum atomic E-state index is -4.40. The third-order valence-corrected chi connectivity index (χ3v) is 7.21. The highest BCUT2D eigenvalue weighted by molar-refractivity contribution is 5.94. The summed E-state index contributed by atoms with van der Waals surface area (Å²) in [6, 6.07) is 12.6. The van der Waals surface area contributed by atoms with E-state index >= 15 is 0 Å². The van der Waals surface area contributed by atoms with E-state index in [1.54, 1.807) is 30.3 Å². The number of hydrogen-bond donors (Lipinski definition) is 1. The molecule has 0 spiro atoms. The summed E-state index contributed by atoms with van der Waals surface area (Å²) < 4.78 is 45.1. The SMILES string of the molecule is [C-]#[N+]c1cc(C(C)C)c2oc(-c3ccc(C(=O)NCC4CCN(c5cc(C(F)(F)F)ccn5)CC4)cc3)nc2c1. The Morgan fingerprint density at radius 3 is 2.52 bits per heavy atom. The fourth-order valence-corrected chi connectivity index (χ4v) is 4.90. The van der Waals surface area contributed by atoms with Crippen molar-refractivity contribution in [3.8, 4) is 11.5 Å². The Morgan fingerprint density at radius 2 is 1.88 bits per heavy atom. The number of nitrogens with zero attached hydrogens (tertiary/aromatic N) is 4. The van der Waals surface area contributed by atoms with Gasteiger partial charge in [0.05, 0.1) is 17.7 Å². The minimum absolute atomic E-state index is 0.167. The average Bonchev–Trinajstić information content (AvgIpc) is 3.39. The number of pyridine rings is 1. The number of oxazole rings is 1. The Balaban J connectivity index is 1.18. The normalized spacial score (nSPS) is 14.5. The van der Waals surface area contributed by atoms with E-state index in [9.17, 15) is 18.0 Å². The Bertz CT molecular complexity index is 1560. The van der Waals surface area contributed by atoms with Crippen molar-refractivity contribution >= 4 is 28.5 Å². The third kappa shape index (κ3) is 5.78. The Morgan fingerprint density at radius 1 is 1.15 bits per heavy atom. The average molecular weight is 548 g/mol. The Labute approximate surface area is 229 Å². The highest BCUT2D eigenvalue weighted by Crippen LogP contribution is 2.34. The lowest BCUT2D eigenvalue weighted by molar-refractivity contribution is -0.137. The van der Waals surface area contributed by atoms with Crippen LogP contribution >= 0.6 is 0 Å². The van der Waals surface area contributed by atoms with Crippen LogP contribution in [0.2, 0.25) is 0 Å². The summed E-state index contributed by atoms with van der Waals surface area (Å²) in [6.07, 6.45) is -1.74. The molecule has 0 atom stereocenters. The van der Waals surface area contributed by atoms with Gasteiger partial charge in [0.15, 0.2) is 11.3 Å². The van der Waals surface area contributed by atoms with Crippen LogP contribution in [0.4, 0.5) is 24.7 Å². The van der Waals surface area contributed by atoms with Gasteiger partial charge in [-0.05, 0) is 78.8 Å². The summed E-state index contributed by atoms with van der Waals surface area (Å²) in [5.41, 5.74) is 3.25. The molecule has 0 bridgehead atoms. The molecule has 5 rings (SSSR count). The van der Waals surface area contributed by atoms with E-state index in [1.165, 1.54) is 6.20 Å². The molecule has 0 saturated carbocycles. The van der Waals surface area contributed by atoms with Crippen LogP contribution in [-0.4, -0.2) is 35.5 Å². The van der Waals surface area contributed by atoms with E-state index in [0.29, 0.717) is 53.7 Å². The van der Waals surface area contributed by atoms with E-state index in [-0.39, 0.29) is 17.7 Å². The second-order valence-electron chi connectivity index (χ2n) is 10.3. The van der Waals surface area contributed by atoms with Gasteiger partial charge in [0, 0.05) is 37.0 Å². The smallest absolute Gasteiger partial charge is 0.416 e. The molecule has 0 unspecified atom stereocenters. The Kier molecular flexibility index (Phi) is 7.48. The number of benzene rings is 2. The molecule has 1 saturated heterocycles. The first kappa shape index (κ1) is 27.2. The van der Waals surface area contributed by atoms with Gasteiger partial charge >= 0.3 is 6.18 Å². The van der Waals surface area contributed by atoms with Crippen molar-refractivity contribution in [3.05, 3.63) is 82.8 Å². The van der Waals surface area contributed by atoms with Gasteiger partial charge in [0.25, 0.3) is 5.91 Å². The number of piperidine rings is 1.